The minimum Gasteiger partial charge on any atom is -0.484 e. The second-order valence-corrected chi connectivity index (χ2v) is 6.19. The van der Waals surface area contributed by atoms with Crippen LogP contribution in [0.2, 0.25) is 0 Å². The Morgan fingerprint density at radius 2 is 1.79 bits per heavy atom. The maximum Gasteiger partial charge on any atom is 0.260 e. The SMILES string of the molecule is CC(C)CN(C(=O)COc1ccc(Br)cc1)C(C)C. The third-order valence-corrected chi connectivity index (χ3v) is 3.21. The lowest BCUT2D eigenvalue weighted by Gasteiger charge is -2.28. The highest BCUT2D eigenvalue weighted by atomic mass is 79.9. The zero-order valence-corrected chi connectivity index (χ0v) is 13.6. The first-order valence-corrected chi connectivity index (χ1v) is 7.37. The van der Waals surface area contributed by atoms with Crippen LogP contribution in [0.1, 0.15) is 27.7 Å². The van der Waals surface area contributed by atoms with Gasteiger partial charge in [0, 0.05) is 17.1 Å². The van der Waals surface area contributed by atoms with Gasteiger partial charge < -0.3 is 9.64 Å². The number of nitrogens with zero attached hydrogens (tertiary/aromatic N) is 1. The van der Waals surface area contributed by atoms with Crippen molar-refractivity contribution >= 4 is 21.8 Å². The number of rotatable bonds is 6. The molecule has 0 bridgehead atoms. The molecule has 0 aromatic heterocycles. The molecule has 106 valence electrons. The lowest BCUT2D eigenvalue weighted by Crippen LogP contribution is -2.42. The van der Waals surface area contributed by atoms with E-state index in [2.05, 4.69) is 29.8 Å². The highest BCUT2D eigenvalue weighted by molar-refractivity contribution is 9.10. The fourth-order valence-corrected chi connectivity index (χ4v) is 2.02. The third-order valence-electron chi connectivity index (χ3n) is 2.68. The van der Waals surface area contributed by atoms with Crippen molar-refractivity contribution in [2.45, 2.75) is 33.7 Å². The van der Waals surface area contributed by atoms with Crippen molar-refractivity contribution in [1.82, 2.24) is 4.90 Å². The van der Waals surface area contributed by atoms with Crippen molar-refractivity contribution in [3.05, 3.63) is 28.7 Å². The normalized spacial score (nSPS) is 10.9. The van der Waals surface area contributed by atoms with Crippen LogP contribution in [0.5, 0.6) is 5.75 Å². The maximum atomic E-state index is 12.2. The fourth-order valence-electron chi connectivity index (χ4n) is 1.75. The van der Waals surface area contributed by atoms with Crippen LogP contribution >= 0.6 is 15.9 Å². The van der Waals surface area contributed by atoms with Gasteiger partial charge in [0.2, 0.25) is 0 Å². The second kappa shape index (κ2) is 7.53. The summed E-state index contributed by atoms with van der Waals surface area (Å²) in [5.41, 5.74) is 0. The van der Waals surface area contributed by atoms with E-state index in [9.17, 15) is 4.79 Å². The van der Waals surface area contributed by atoms with E-state index in [1.165, 1.54) is 0 Å². The van der Waals surface area contributed by atoms with Gasteiger partial charge in [-0.25, -0.2) is 0 Å². The lowest BCUT2D eigenvalue weighted by molar-refractivity contribution is -0.135. The first-order chi connectivity index (χ1) is 8.90. The van der Waals surface area contributed by atoms with Crippen LogP contribution in [0.15, 0.2) is 28.7 Å². The van der Waals surface area contributed by atoms with E-state index < -0.39 is 0 Å². The molecule has 1 aromatic rings. The van der Waals surface area contributed by atoms with Crippen molar-refractivity contribution in [3.8, 4) is 5.75 Å². The molecular weight excluding hydrogens is 306 g/mol. The summed E-state index contributed by atoms with van der Waals surface area (Å²) in [6.07, 6.45) is 0. The molecule has 0 N–H and O–H groups in total. The Labute approximate surface area is 124 Å². The predicted octanol–water partition coefficient (Wildman–Crippen LogP) is 3.72. The van der Waals surface area contributed by atoms with Gasteiger partial charge >= 0.3 is 0 Å². The zero-order valence-electron chi connectivity index (χ0n) is 12.0. The summed E-state index contributed by atoms with van der Waals surface area (Å²) in [5, 5.41) is 0. The minimum atomic E-state index is 0.0339. The maximum absolute atomic E-state index is 12.2. The number of halogens is 1. The van der Waals surface area contributed by atoms with Gasteiger partial charge in [0.05, 0.1) is 0 Å². The Hall–Kier alpha value is -1.03. The topological polar surface area (TPSA) is 29.5 Å². The monoisotopic (exact) mass is 327 g/mol. The highest BCUT2D eigenvalue weighted by Crippen LogP contribution is 2.16. The van der Waals surface area contributed by atoms with E-state index in [0.717, 1.165) is 11.0 Å². The number of hydrogen-bond donors (Lipinski definition) is 0. The molecule has 0 aliphatic heterocycles. The summed E-state index contributed by atoms with van der Waals surface area (Å²) in [5.74, 6) is 1.20. The molecule has 3 nitrogen and oxygen atoms in total. The van der Waals surface area contributed by atoms with E-state index in [-0.39, 0.29) is 18.6 Å². The van der Waals surface area contributed by atoms with Gasteiger partial charge in [0.1, 0.15) is 5.75 Å². The van der Waals surface area contributed by atoms with E-state index in [1.807, 2.05) is 43.0 Å². The zero-order chi connectivity index (χ0) is 14.4. The number of amides is 1. The molecule has 0 unspecified atom stereocenters. The van der Waals surface area contributed by atoms with Crippen LogP contribution in [0.3, 0.4) is 0 Å². The Kier molecular flexibility index (Phi) is 6.35. The van der Waals surface area contributed by atoms with Gasteiger partial charge in [0.25, 0.3) is 5.91 Å². The van der Waals surface area contributed by atoms with Crippen molar-refractivity contribution < 1.29 is 9.53 Å². The third kappa shape index (κ3) is 5.64. The van der Waals surface area contributed by atoms with Crippen LogP contribution < -0.4 is 4.74 Å². The number of hydrogen-bond acceptors (Lipinski definition) is 2. The molecule has 1 rings (SSSR count). The fraction of sp³-hybridized carbons (Fsp3) is 0.533. The molecular formula is C15H22BrNO2. The molecule has 1 amide bonds. The molecule has 0 atom stereocenters. The standard InChI is InChI=1S/C15H22BrNO2/c1-11(2)9-17(12(3)4)15(18)10-19-14-7-5-13(16)6-8-14/h5-8,11-12H,9-10H2,1-4H3. The minimum absolute atomic E-state index is 0.0339. The van der Waals surface area contributed by atoms with Crippen molar-refractivity contribution in [2.24, 2.45) is 5.92 Å². The summed E-state index contributed by atoms with van der Waals surface area (Å²) >= 11 is 3.36. The summed E-state index contributed by atoms with van der Waals surface area (Å²) in [6.45, 7) is 9.13. The van der Waals surface area contributed by atoms with Crippen LogP contribution in [0.4, 0.5) is 0 Å². The Balaban J connectivity index is 2.54. The van der Waals surface area contributed by atoms with Crippen LogP contribution in [0, 0.1) is 5.92 Å². The summed E-state index contributed by atoms with van der Waals surface area (Å²) in [6, 6.07) is 7.69. The quantitative estimate of drug-likeness (QED) is 0.796. The molecule has 4 heteroatoms. The lowest BCUT2D eigenvalue weighted by atomic mass is 10.2. The largest absolute Gasteiger partial charge is 0.484 e. The van der Waals surface area contributed by atoms with E-state index in [1.54, 1.807) is 0 Å². The molecule has 0 radical (unpaired) electrons. The van der Waals surface area contributed by atoms with Crippen molar-refractivity contribution in [1.29, 1.82) is 0 Å². The molecule has 1 aromatic carbocycles. The molecule has 0 spiro atoms. The molecule has 0 aliphatic rings. The summed E-state index contributed by atoms with van der Waals surface area (Å²) < 4.78 is 6.52. The summed E-state index contributed by atoms with van der Waals surface area (Å²) in [7, 11) is 0. The average Bonchev–Trinajstić information content (AvgIpc) is 2.34. The van der Waals surface area contributed by atoms with Gasteiger partial charge in [0.15, 0.2) is 6.61 Å². The van der Waals surface area contributed by atoms with Gasteiger partial charge in [-0.1, -0.05) is 29.8 Å². The van der Waals surface area contributed by atoms with Gasteiger partial charge in [-0.05, 0) is 44.0 Å². The van der Waals surface area contributed by atoms with E-state index >= 15 is 0 Å². The number of benzene rings is 1. The van der Waals surface area contributed by atoms with Gasteiger partial charge in [-0.3, -0.25) is 4.79 Å². The Bertz CT molecular complexity index is 401. The Morgan fingerprint density at radius 1 is 1.21 bits per heavy atom. The average molecular weight is 328 g/mol. The Morgan fingerprint density at radius 3 is 2.26 bits per heavy atom. The summed E-state index contributed by atoms with van der Waals surface area (Å²) in [4.78, 5) is 14.0. The van der Waals surface area contributed by atoms with Gasteiger partial charge in [-0.2, -0.15) is 0 Å². The van der Waals surface area contributed by atoms with E-state index in [0.29, 0.717) is 11.7 Å². The van der Waals surface area contributed by atoms with Crippen LogP contribution in [0.25, 0.3) is 0 Å². The molecule has 0 fully saturated rings. The molecule has 0 heterocycles. The van der Waals surface area contributed by atoms with Crippen LogP contribution in [-0.2, 0) is 4.79 Å². The molecule has 0 saturated carbocycles. The number of carbonyl (C=O) groups is 1. The number of carbonyl (C=O) groups excluding carboxylic acids is 1. The second-order valence-electron chi connectivity index (χ2n) is 5.28. The van der Waals surface area contributed by atoms with Crippen molar-refractivity contribution in [2.75, 3.05) is 13.2 Å². The predicted molar refractivity (Wildman–Crippen MR) is 81.3 cm³/mol. The van der Waals surface area contributed by atoms with Crippen molar-refractivity contribution in [3.63, 3.8) is 0 Å². The van der Waals surface area contributed by atoms with Gasteiger partial charge in [-0.15, -0.1) is 0 Å². The first kappa shape index (κ1) is 16.0. The highest BCUT2D eigenvalue weighted by Gasteiger charge is 2.18. The molecule has 19 heavy (non-hydrogen) atoms. The first-order valence-electron chi connectivity index (χ1n) is 6.58. The van der Waals surface area contributed by atoms with E-state index in [4.69, 9.17) is 4.74 Å². The molecule has 0 aliphatic carbocycles. The molecule has 0 saturated heterocycles. The smallest absolute Gasteiger partial charge is 0.260 e. The number of ether oxygens (including phenoxy) is 1. The van der Waals surface area contributed by atoms with Crippen LogP contribution in [-0.4, -0.2) is 30.0 Å².